The van der Waals surface area contributed by atoms with Crippen molar-refractivity contribution in [3.05, 3.63) is 76.0 Å². The smallest absolute Gasteiger partial charge is 0.287 e. The molecule has 5 nitrogen and oxygen atoms in total. The highest BCUT2D eigenvalue weighted by Crippen LogP contribution is 2.40. The normalized spacial score (nSPS) is 20.5. The molecule has 0 unspecified atom stereocenters. The largest absolute Gasteiger partial charge is 0.402 e. The van der Waals surface area contributed by atoms with Gasteiger partial charge in [-0.25, -0.2) is 0 Å². The molecule has 1 saturated heterocycles. The highest BCUT2D eigenvalue weighted by atomic mass is 32.2. The minimum atomic E-state index is -0.0413. The first-order chi connectivity index (χ1) is 15.0. The van der Waals surface area contributed by atoms with Crippen LogP contribution in [-0.2, 0) is 11.2 Å². The van der Waals surface area contributed by atoms with Gasteiger partial charge in [-0.2, -0.15) is 0 Å². The average Bonchev–Trinajstić information content (AvgIpc) is 3.05. The topological polar surface area (TPSA) is 75.4 Å². The number of carbonyl (C=O) groups excluding carboxylic acids is 2. The third-order valence-electron chi connectivity index (χ3n) is 5.53. The Bertz CT molecular complexity index is 993. The van der Waals surface area contributed by atoms with E-state index in [1.54, 1.807) is 11.8 Å². The molecule has 1 aromatic rings. The first-order valence-corrected chi connectivity index (χ1v) is 12.4. The van der Waals surface area contributed by atoms with Crippen LogP contribution in [0.25, 0.3) is 0 Å². The van der Waals surface area contributed by atoms with Gasteiger partial charge in [-0.05, 0) is 66.6 Å². The summed E-state index contributed by atoms with van der Waals surface area (Å²) in [6.07, 6.45) is 10.8. The van der Waals surface area contributed by atoms with Crippen LogP contribution < -0.4 is 11.1 Å². The van der Waals surface area contributed by atoms with Crippen molar-refractivity contribution in [1.82, 2.24) is 10.2 Å². The maximum absolute atomic E-state index is 12.6. The lowest BCUT2D eigenvalue weighted by Gasteiger charge is -2.27. The second kappa shape index (κ2) is 9.83. The molecule has 0 bridgehead atoms. The molecule has 0 radical (unpaired) electrons. The molecule has 7 heteroatoms. The van der Waals surface area contributed by atoms with Gasteiger partial charge in [0.1, 0.15) is 0 Å². The molecule has 0 spiro atoms. The van der Waals surface area contributed by atoms with Crippen molar-refractivity contribution < 1.29 is 9.59 Å². The van der Waals surface area contributed by atoms with Crippen LogP contribution in [0, 0.1) is 0 Å². The minimum Gasteiger partial charge on any atom is -0.402 e. The summed E-state index contributed by atoms with van der Waals surface area (Å²) in [5, 5.41) is 3.07. The van der Waals surface area contributed by atoms with Gasteiger partial charge in [0.25, 0.3) is 5.24 Å². The number of fused-ring (bicyclic) bond motifs is 1. The molecule has 3 aliphatic rings. The summed E-state index contributed by atoms with van der Waals surface area (Å²) < 4.78 is 0. The second-order valence-electron chi connectivity index (χ2n) is 7.82. The average molecular weight is 454 g/mol. The zero-order valence-corrected chi connectivity index (χ0v) is 19.2. The predicted octanol–water partition coefficient (Wildman–Crippen LogP) is 4.73. The Morgan fingerprint density at radius 2 is 2.06 bits per heavy atom. The van der Waals surface area contributed by atoms with E-state index in [9.17, 15) is 9.59 Å². The van der Waals surface area contributed by atoms with Crippen molar-refractivity contribution in [2.45, 2.75) is 43.5 Å². The molecular formula is C24H27N3O2S2. The molecule has 3 N–H and O–H groups in total. The van der Waals surface area contributed by atoms with E-state index in [-0.39, 0.29) is 17.2 Å². The monoisotopic (exact) mass is 453 g/mol. The van der Waals surface area contributed by atoms with Gasteiger partial charge < -0.3 is 16.0 Å². The number of nitrogens with zero attached hydrogens (tertiary/aromatic N) is 1. The summed E-state index contributed by atoms with van der Waals surface area (Å²) in [5.41, 5.74) is 9.74. The quantitative estimate of drug-likeness (QED) is 0.584. The Hall–Kier alpha value is -2.38. The van der Waals surface area contributed by atoms with E-state index >= 15 is 0 Å². The number of thioether (sulfide) groups is 2. The van der Waals surface area contributed by atoms with Gasteiger partial charge in [-0.3, -0.25) is 9.59 Å². The van der Waals surface area contributed by atoms with Gasteiger partial charge >= 0.3 is 0 Å². The first-order valence-electron chi connectivity index (χ1n) is 10.6. The van der Waals surface area contributed by atoms with E-state index in [0.717, 1.165) is 40.5 Å². The van der Waals surface area contributed by atoms with Gasteiger partial charge in [0.05, 0.1) is 12.5 Å². The second-order valence-corrected chi connectivity index (χ2v) is 10.2. The van der Waals surface area contributed by atoms with Crippen LogP contribution in [0.3, 0.4) is 0 Å². The van der Waals surface area contributed by atoms with E-state index in [0.29, 0.717) is 19.4 Å². The van der Waals surface area contributed by atoms with Crippen LogP contribution in [0.5, 0.6) is 0 Å². The maximum Gasteiger partial charge on any atom is 0.287 e. The van der Waals surface area contributed by atoms with Crippen molar-refractivity contribution >= 4 is 34.7 Å². The Kier molecular flexibility index (Phi) is 6.92. The zero-order valence-electron chi connectivity index (χ0n) is 17.6. The highest BCUT2D eigenvalue weighted by molar-refractivity contribution is 8.17. The molecule has 4 rings (SSSR count). The molecule has 1 aliphatic heterocycles. The number of hydrogen-bond acceptors (Lipinski definition) is 5. The van der Waals surface area contributed by atoms with Crippen molar-refractivity contribution in [3.63, 3.8) is 0 Å². The number of allylic oxidation sites excluding steroid dienone is 4. The zero-order chi connectivity index (χ0) is 21.8. The van der Waals surface area contributed by atoms with Crippen LogP contribution in [0.15, 0.2) is 75.3 Å². The number of nitrogens with one attached hydrogen (secondary N) is 1. The van der Waals surface area contributed by atoms with Gasteiger partial charge in [0.2, 0.25) is 5.91 Å². The fourth-order valence-electron chi connectivity index (χ4n) is 3.90. The summed E-state index contributed by atoms with van der Waals surface area (Å²) in [4.78, 5) is 29.3. The maximum atomic E-state index is 12.6. The number of carbonyl (C=O) groups is 2. The number of rotatable bonds is 7. The SMILES string of the molecule is CCSc1ccc(CC(=O)NC2=CC[C@@H]3C(=C2)SC(=O)N3CC2=CC=C(N)CC2)cc1. The summed E-state index contributed by atoms with van der Waals surface area (Å²) >= 11 is 3.06. The Balaban J connectivity index is 1.34. The minimum absolute atomic E-state index is 0.0413. The predicted molar refractivity (Wildman–Crippen MR) is 129 cm³/mol. The first kappa shape index (κ1) is 21.8. The molecule has 1 aromatic carbocycles. The summed E-state index contributed by atoms with van der Waals surface area (Å²) in [6.45, 7) is 2.76. The molecule has 31 heavy (non-hydrogen) atoms. The molecule has 2 aliphatic carbocycles. The fourth-order valence-corrected chi connectivity index (χ4v) is 5.62. The van der Waals surface area contributed by atoms with Gasteiger partial charge in [-0.15, -0.1) is 11.8 Å². The molecule has 0 saturated carbocycles. The summed E-state index contributed by atoms with van der Waals surface area (Å²) in [5.74, 6) is 0.991. The molecular weight excluding hydrogens is 426 g/mol. The molecule has 162 valence electrons. The van der Waals surface area contributed by atoms with Crippen molar-refractivity contribution in [2.24, 2.45) is 5.73 Å². The summed E-state index contributed by atoms with van der Waals surface area (Å²) in [6, 6.07) is 8.20. The van der Waals surface area contributed by atoms with Crippen molar-refractivity contribution in [1.29, 1.82) is 0 Å². The molecule has 1 heterocycles. The standard InChI is InChI=1S/C24H27N3O2S2/c1-2-30-20-10-5-16(6-11-20)13-23(28)26-19-9-12-21-22(14-19)31-24(29)27(21)15-17-3-7-18(25)8-4-17/h3,5-7,9-11,14,21H,2,4,8,12-13,15,25H2,1H3,(H,26,28)/t21-/m1/s1. The van der Waals surface area contributed by atoms with E-state index in [1.807, 2.05) is 41.3 Å². The summed E-state index contributed by atoms with van der Waals surface area (Å²) in [7, 11) is 0. The van der Waals surface area contributed by atoms with Crippen molar-refractivity contribution in [2.75, 3.05) is 12.3 Å². The Morgan fingerprint density at radius 3 is 2.77 bits per heavy atom. The van der Waals surface area contributed by atoms with Gasteiger partial charge in [0.15, 0.2) is 0 Å². The number of benzene rings is 1. The third-order valence-corrected chi connectivity index (χ3v) is 7.46. The van der Waals surface area contributed by atoms with E-state index in [1.165, 1.54) is 22.2 Å². The number of hydrogen-bond donors (Lipinski definition) is 2. The lowest BCUT2D eigenvalue weighted by atomic mass is 10.00. The lowest BCUT2D eigenvalue weighted by molar-refractivity contribution is -0.119. The van der Waals surface area contributed by atoms with Crippen LogP contribution in [0.2, 0.25) is 0 Å². The lowest BCUT2D eigenvalue weighted by Crippen LogP contribution is -2.36. The Labute approximate surface area is 191 Å². The van der Waals surface area contributed by atoms with Crippen LogP contribution in [0.1, 0.15) is 31.7 Å². The molecule has 0 aromatic heterocycles. The Morgan fingerprint density at radius 1 is 1.26 bits per heavy atom. The number of amides is 2. The van der Waals surface area contributed by atoms with Gasteiger partial charge in [-0.1, -0.05) is 36.8 Å². The van der Waals surface area contributed by atoms with Crippen molar-refractivity contribution in [3.8, 4) is 0 Å². The van der Waals surface area contributed by atoms with E-state index in [2.05, 4.69) is 24.4 Å². The fraction of sp³-hybridized carbons (Fsp3) is 0.333. The molecule has 2 amide bonds. The number of nitrogens with two attached hydrogens (primary N) is 1. The van der Waals surface area contributed by atoms with Crippen LogP contribution in [-0.4, -0.2) is 34.4 Å². The highest BCUT2D eigenvalue weighted by Gasteiger charge is 2.37. The van der Waals surface area contributed by atoms with Crippen LogP contribution in [0.4, 0.5) is 4.79 Å². The molecule has 1 fully saturated rings. The van der Waals surface area contributed by atoms with E-state index in [4.69, 9.17) is 5.73 Å². The third kappa shape index (κ3) is 5.46. The van der Waals surface area contributed by atoms with Crippen LogP contribution >= 0.6 is 23.5 Å². The van der Waals surface area contributed by atoms with E-state index < -0.39 is 0 Å². The molecule has 1 atom stereocenters. The van der Waals surface area contributed by atoms with Gasteiger partial charge in [0, 0.05) is 27.7 Å².